The van der Waals surface area contributed by atoms with Gasteiger partial charge in [0.2, 0.25) is 0 Å². The summed E-state index contributed by atoms with van der Waals surface area (Å²) < 4.78 is 0. The fraction of sp³-hybridized carbons (Fsp3) is 1.00. The van der Waals surface area contributed by atoms with Gasteiger partial charge in [0.1, 0.15) is 0 Å². The molecule has 1 unspecified atom stereocenters. The summed E-state index contributed by atoms with van der Waals surface area (Å²) in [5, 5.41) is 0. The highest BCUT2D eigenvalue weighted by atomic mass is 79.9. The number of hydrogen-bond acceptors (Lipinski definition) is 1. The molecule has 0 aromatic rings. The summed E-state index contributed by atoms with van der Waals surface area (Å²) >= 11 is 0. The predicted molar refractivity (Wildman–Crippen MR) is 60.1 cm³/mol. The lowest BCUT2D eigenvalue weighted by molar-refractivity contribution is 0.242. The number of rotatable bonds is 4. The molecule has 1 saturated heterocycles. The predicted octanol–water partition coefficient (Wildman–Crippen LogP) is 3.24. The zero-order valence-electron chi connectivity index (χ0n) is 8.38. The highest BCUT2D eigenvalue weighted by Crippen LogP contribution is 2.20. The van der Waals surface area contributed by atoms with Gasteiger partial charge in [-0.25, -0.2) is 0 Å². The number of nitrogens with zero attached hydrogens (tertiary/aromatic N) is 1. The molecule has 0 saturated carbocycles. The van der Waals surface area contributed by atoms with E-state index >= 15 is 0 Å². The number of hydrogen-bond donors (Lipinski definition) is 0. The Labute approximate surface area is 87.3 Å². The van der Waals surface area contributed by atoms with Crippen molar-refractivity contribution in [1.29, 1.82) is 0 Å². The largest absolute Gasteiger partial charge is 0.300 e. The highest BCUT2D eigenvalue weighted by Gasteiger charge is 2.21. The quantitative estimate of drug-likeness (QED) is 0.724. The highest BCUT2D eigenvalue weighted by molar-refractivity contribution is 8.93. The van der Waals surface area contributed by atoms with Crippen LogP contribution in [-0.2, 0) is 0 Å². The minimum atomic E-state index is 0. The van der Waals surface area contributed by atoms with Crippen LogP contribution in [0.15, 0.2) is 0 Å². The molecular formula is C10H22BrN. The molecule has 1 heterocycles. The van der Waals surface area contributed by atoms with Gasteiger partial charge in [0.15, 0.2) is 0 Å². The first-order chi connectivity index (χ1) is 5.38. The van der Waals surface area contributed by atoms with Gasteiger partial charge in [-0.15, -0.1) is 17.0 Å². The van der Waals surface area contributed by atoms with Gasteiger partial charge in [-0.2, -0.15) is 0 Å². The van der Waals surface area contributed by atoms with Crippen molar-refractivity contribution in [2.45, 2.75) is 52.0 Å². The smallest absolute Gasteiger partial charge is 0.00956 e. The van der Waals surface area contributed by atoms with Gasteiger partial charge in [-0.3, -0.25) is 0 Å². The van der Waals surface area contributed by atoms with Crippen LogP contribution in [0.2, 0.25) is 0 Å². The van der Waals surface area contributed by atoms with Crippen LogP contribution in [0, 0.1) is 0 Å². The topological polar surface area (TPSA) is 3.24 Å². The van der Waals surface area contributed by atoms with Crippen LogP contribution in [0.25, 0.3) is 0 Å². The van der Waals surface area contributed by atoms with Gasteiger partial charge in [0, 0.05) is 6.04 Å². The Kier molecular flexibility index (Phi) is 7.16. The molecule has 0 spiro atoms. The maximum Gasteiger partial charge on any atom is 0.00956 e. The SMILES string of the molecule is Br.CCCC1CCCN1CCC. The third kappa shape index (κ3) is 3.44. The molecule has 1 atom stereocenters. The Balaban J connectivity index is 0.00000121. The number of halogens is 1. The molecule has 1 fully saturated rings. The Morgan fingerprint density at radius 3 is 2.58 bits per heavy atom. The Morgan fingerprint density at radius 1 is 1.25 bits per heavy atom. The standard InChI is InChI=1S/C10H21N.BrH/c1-3-6-10-7-5-9-11(10)8-4-2;/h10H,3-9H2,1-2H3;1H. The zero-order valence-corrected chi connectivity index (χ0v) is 10.1. The normalized spacial score (nSPS) is 24.0. The van der Waals surface area contributed by atoms with Gasteiger partial charge in [0.05, 0.1) is 0 Å². The lowest BCUT2D eigenvalue weighted by Gasteiger charge is -2.23. The first-order valence-electron chi connectivity index (χ1n) is 5.12. The summed E-state index contributed by atoms with van der Waals surface area (Å²) in [6.07, 6.45) is 6.98. The molecule has 0 N–H and O–H groups in total. The van der Waals surface area contributed by atoms with Crippen LogP contribution >= 0.6 is 17.0 Å². The third-order valence-corrected chi connectivity index (χ3v) is 2.63. The Hall–Kier alpha value is 0.440. The van der Waals surface area contributed by atoms with Crippen molar-refractivity contribution < 1.29 is 0 Å². The second-order valence-corrected chi connectivity index (χ2v) is 3.62. The number of likely N-dealkylation sites (tertiary alicyclic amines) is 1. The van der Waals surface area contributed by atoms with Crippen molar-refractivity contribution in [3.63, 3.8) is 0 Å². The van der Waals surface area contributed by atoms with Crippen LogP contribution in [0.3, 0.4) is 0 Å². The van der Waals surface area contributed by atoms with E-state index in [0.29, 0.717) is 0 Å². The summed E-state index contributed by atoms with van der Waals surface area (Å²) in [6, 6.07) is 0.931. The fourth-order valence-corrected chi connectivity index (χ4v) is 2.14. The van der Waals surface area contributed by atoms with E-state index in [1.807, 2.05) is 0 Å². The molecule has 1 nitrogen and oxygen atoms in total. The summed E-state index contributed by atoms with van der Waals surface area (Å²) in [6.45, 7) is 7.26. The van der Waals surface area contributed by atoms with Crippen LogP contribution in [-0.4, -0.2) is 24.0 Å². The summed E-state index contributed by atoms with van der Waals surface area (Å²) in [5.41, 5.74) is 0. The lowest BCUT2D eigenvalue weighted by Crippen LogP contribution is -2.29. The minimum Gasteiger partial charge on any atom is -0.300 e. The molecule has 0 aromatic carbocycles. The van der Waals surface area contributed by atoms with E-state index in [1.54, 1.807) is 0 Å². The molecule has 0 radical (unpaired) electrons. The van der Waals surface area contributed by atoms with Gasteiger partial charge >= 0.3 is 0 Å². The molecule has 0 amide bonds. The van der Waals surface area contributed by atoms with Gasteiger partial charge in [-0.1, -0.05) is 20.3 Å². The van der Waals surface area contributed by atoms with Crippen molar-refractivity contribution in [1.82, 2.24) is 4.90 Å². The zero-order chi connectivity index (χ0) is 8.10. The molecule has 0 aromatic heterocycles. The maximum atomic E-state index is 2.67. The van der Waals surface area contributed by atoms with Gasteiger partial charge in [-0.05, 0) is 38.8 Å². The van der Waals surface area contributed by atoms with Gasteiger partial charge < -0.3 is 4.90 Å². The van der Waals surface area contributed by atoms with E-state index in [-0.39, 0.29) is 17.0 Å². The molecule has 74 valence electrons. The Morgan fingerprint density at radius 2 is 2.00 bits per heavy atom. The van der Waals surface area contributed by atoms with E-state index in [2.05, 4.69) is 18.7 Å². The summed E-state index contributed by atoms with van der Waals surface area (Å²) in [7, 11) is 0. The molecule has 2 heteroatoms. The molecule has 0 aliphatic carbocycles. The molecule has 12 heavy (non-hydrogen) atoms. The second kappa shape index (κ2) is 6.90. The monoisotopic (exact) mass is 235 g/mol. The van der Waals surface area contributed by atoms with Crippen molar-refractivity contribution in [2.24, 2.45) is 0 Å². The average molecular weight is 236 g/mol. The van der Waals surface area contributed by atoms with E-state index < -0.39 is 0 Å². The minimum absolute atomic E-state index is 0. The van der Waals surface area contributed by atoms with E-state index in [9.17, 15) is 0 Å². The molecule has 1 rings (SSSR count). The lowest BCUT2D eigenvalue weighted by atomic mass is 10.1. The maximum absolute atomic E-state index is 2.67. The summed E-state index contributed by atoms with van der Waals surface area (Å²) in [5.74, 6) is 0. The van der Waals surface area contributed by atoms with Crippen molar-refractivity contribution in [2.75, 3.05) is 13.1 Å². The third-order valence-electron chi connectivity index (χ3n) is 2.63. The first-order valence-corrected chi connectivity index (χ1v) is 5.12. The molecule has 0 bridgehead atoms. The van der Waals surface area contributed by atoms with E-state index in [1.165, 1.54) is 45.2 Å². The van der Waals surface area contributed by atoms with Crippen LogP contribution in [0.5, 0.6) is 0 Å². The van der Waals surface area contributed by atoms with Crippen molar-refractivity contribution in [3.05, 3.63) is 0 Å². The van der Waals surface area contributed by atoms with Crippen LogP contribution in [0.1, 0.15) is 46.0 Å². The van der Waals surface area contributed by atoms with Crippen LogP contribution < -0.4 is 0 Å². The van der Waals surface area contributed by atoms with Crippen molar-refractivity contribution >= 4 is 17.0 Å². The average Bonchev–Trinajstić information content (AvgIpc) is 2.39. The van der Waals surface area contributed by atoms with Crippen LogP contribution in [0.4, 0.5) is 0 Å². The molecule has 1 aliphatic heterocycles. The fourth-order valence-electron chi connectivity index (χ4n) is 2.14. The van der Waals surface area contributed by atoms with Gasteiger partial charge in [0.25, 0.3) is 0 Å². The summed E-state index contributed by atoms with van der Waals surface area (Å²) in [4.78, 5) is 2.67. The van der Waals surface area contributed by atoms with E-state index in [4.69, 9.17) is 0 Å². The van der Waals surface area contributed by atoms with E-state index in [0.717, 1.165) is 6.04 Å². The molecular weight excluding hydrogens is 214 g/mol. The van der Waals surface area contributed by atoms with Crippen molar-refractivity contribution in [3.8, 4) is 0 Å². The Bertz CT molecular complexity index is 94.0. The molecule has 1 aliphatic rings. The second-order valence-electron chi connectivity index (χ2n) is 3.62. The first kappa shape index (κ1) is 12.4.